The third-order valence-corrected chi connectivity index (χ3v) is 3.86. The fraction of sp³-hybridized carbons (Fsp3) is 0.400. The summed E-state index contributed by atoms with van der Waals surface area (Å²) in [6, 6.07) is 7.47. The number of carbonyl (C=O) groups is 1. The lowest BCUT2D eigenvalue weighted by atomic mass is 9.83. The predicted octanol–water partition coefficient (Wildman–Crippen LogP) is 1.40. The van der Waals surface area contributed by atoms with E-state index in [1.54, 1.807) is 0 Å². The van der Waals surface area contributed by atoms with Gasteiger partial charge in [-0.3, -0.25) is 4.79 Å². The van der Waals surface area contributed by atoms with E-state index in [9.17, 15) is 4.79 Å². The molecule has 4 N–H and O–H groups in total. The zero-order chi connectivity index (χ0) is 14.1. The highest BCUT2D eigenvalue weighted by molar-refractivity contribution is 5.98. The van der Waals surface area contributed by atoms with Crippen LogP contribution >= 0.6 is 0 Å². The van der Waals surface area contributed by atoms with E-state index in [0.29, 0.717) is 12.2 Å². The monoisotopic (exact) mass is 273 g/mol. The molecular formula is C15H19N3O2. The summed E-state index contributed by atoms with van der Waals surface area (Å²) in [5.74, 6) is -0.105. The van der Waals surface area contributed by atoms with E-state index in [1.165, 1.54) is 0 Å². The van der Waals surface area contributed by atoms with E-state index in [-0.39, 0.29) is 24.1 Å². The Bertz CT molecular complexity index is 620. The van der Waals surface area contributed by atoms with Crippen molar-refractivity contribution in [3.8, 4) is 0 Å². The number of rotatable bonds is 4. The van der Waals surface area contributed by atoms with Crippen molar-refractivity contribution in [3.63, 3.8) is 0 Å². The molecule has 5 heteroatoms. The van der Waals surface area contributed by atoms with Gasteiger partial charge in [0.25, 0.3) is 5.91 Å². The Morgan fingerprint density at radius 2 is 2.35 bits per heavy atom. The largest absolute Gasteiger partial charge is 0.376 e. The number of benzene rings is 1. The van der Waals surface area contributed by atoms with Crippen LogP contribution in [0.15, 0.2) is 30.5 Å². The normalized spacial score (nSPS) is 25.4. The van der Waals surface area contributed by atoms with E-state index >= 15 is 0 Å². The number of aromatic amines is 1. The first-order valence-corrected chi connectivity index (χ1v) is 6.94. The minimum atomic E-state index is -0.105. The summed E-state index contributed by atoms with van der Waals surface area (Å²) in [4.78, 5) is 15.4. The van der Waals surface area contributed by atoms with Crippen molar-refractivity contribution >= 4 is 16.8 Å². The Morgan fingerprint density at radius 1 is 1.50 bits per heavy atom. The summed E-state index contributed by atoms with van der Waals surface area (Å²) >= 11 is 0. The van der Waals surface area contributed by atoms with Gasteiger partial charge in [0, 0.05) is 29.9 Å². The zero-order valence-corrected chi connectivity index (χ0v) is 11.4. The molecule has 1 fully saturated rings. The van der Waals surface area contributed by atoms with Crippen LogP contribution in [0.3, 0.4) is 0 Å². The number of ether oxygens (including phenoxy) is 1. The fourth-order valence-electron chi connectivity index (χ4n) is 2.65. The van der Waals surface area contributed by atoms with Gasteiger partial charge >= 0.3 is 0 Å². The van der Waals surface area contributed by atoms with Crippen LogP contribution in [0.4, 0.5) is 0 Å². The molecule has 3 rings (SSSR count). The fourth-order valence-corrected chi connectivity index (χ4v) is 2.65. The standard InChI is InChI=1S/C15H19N3O2/c1-2-20-13-8-11(16)14(13)18-15(19)10-4-3-9-5-6-17-12(9)7-10/h3-7,11,13-14,17H,2,8,16H2,1H3,(H,18,19). The minimum Gasteiger partial charge on any atom is -0.376 e. The number of fused-ring (bicyclic) bond motifs is 1. The van der Waals surface area contributed by atoms with E-state index in [1.807, 2.05) is 37.4 Å². The molecule has 2 aromatic rings. The molecule has 20 heavy (non-hydrogen) atoms. The van der Waals surface area contributed by atoms with Crippen molar-refractivity contribution < 1.29 is 9.53 Å². The first kappa shape index (κ1) is 13.1. The number of aromatic nitrogens is 1. The van der Waals surface area contributed by atoms with Gasteiger partial charge in [0.1, 0.15) is 0 Å². The Kier molecular flexibility index (Phi) is 3.46. The predicted molar refractivity (Wildman–Crippen MR) is 77.6 cm³/mol. The van der Waals surface area contributed by atoms with E-state index in [0.717, 1.165) is 17.3 Å². The van der Waals surface area contributed by atoms with Gasteiger partial charge in [-0.25, -0.2) is 0 Å². The summed E-state index contributed by atoms with van der Waals surface area (Å²) < 4.78 is 5.55. The first-order valence-electron chi connectivity index (χ1n) is 6.94. The third kappa shape index (κ3) is 2.30. The highest BCUT2D eigenvalue weighted by Gasteiger charge is 2.40. The van der Waals surface area contributed by atoms with Crippen LogP contribution in [0.1, 0.15) is 23.7 Å². The van der Waals surface area contributed by atoms with Crippen LogP contribution in [0.5, 0.6) is 0 Å². The summed E-state index contributed by atoms with van der Waals surface area (Å²) in [6.45, 7) is 2.58. The number of carbonyl (C=O) groups excluding carboxylic acids is 1. The molecule has 1 saturated carbocycles. The maximum Gasteiger partial charge on any atom is 0.251 e. The smallest absolute Gasteiger partial charge is 0.251 e. The number of H-pyrrole nitrogens is 1. The van der Waals surface area contributed by atoms with Gasteiger partial charge in [0.05, 0.1) is 12.1 Å². The van der Waals surface area contributed by atoms with E-state index in [2.05, 4.69) is 10.3 Å². The Morgan fingerprint density at radius 3 is 3.10 bits per heavy atom. The molecule has 0 bridgehead atoms. The van der Waals surface area contributed by atoms with Gasteiger partial charge in [0.15, 0.2) is 0 Å². The van der Waals surface area contributed by atoms with Crippen LogP contribution in [0.25, 0.3) is 10.9 Å². The Labute approximate surface area is 117 Å². The molecular weight excluding hydrogens is 254 g/mol. The summed E-state index contributed by atoms with van der Waals surface area (Å²) in [5, 5.41) is 4.06. The average molecular weight is 273 g/mol. The van der Waals surface area contributed by atoms with Crippen LogP contribution in [0, 0.1) is 0 Å². The molecule has 0 radical (unpaired) electrons. The number of nitrogens with two attached hydrogens (primary N) is 1. The van der Waals surface area contributed by atoms with Crippen LogP contribution in [-0.4, -0.2) is 35.7 Å². The molecule has 0 spiro atoms. The molecule has 0 saturated heterocycles. The number of hydrogen-bond donors (Lipinski definition) is 3. The van der Waals surface area contributed by atoms with Crippen LogP contribution < -0.4 is 11.1 Å². The van der Waals surface area contributed by atoms with Gasteiger partial charge in [-0.2, -0.15) is 0 Å². The molecule has 1 heterocycles. The molecule has 3 atom stereocenters. The lowest BCUT2D eigenvalue weighted by Crippen LogP contribution is -2.64. The third-order valence-electron chi connectivity index (χ3n) is 3.86. The molecule has 5 nitrogen and oxygen atoms in total. The van der Waals surface area contributed by atoms with Crippen molar-refractivity contribution in [1.29, 1.82) is 0 Å². The van der Waals surface area contributed by atoms with Crippen LogP contribution in [0.2, 0.25) is 0 Å². The topological polar surface area (TPSA) is 80.1 Å². The van der Waals surface area contributed by atoms with Gasteiger partial charge in [-0.15, -0.1) is 0 Å². The molecule has 1 aliphatic carbocycles. The highest BCUT2D eigenvalue weighted by atomic mass is 16.5. The molecule has 106 valence electrons. The summed E-state index contributed by atoms with van der Waals surface area (Å²) in [6.07, 6.45) is 2.70. The maximum atomic E-state index is 12.3. The second kappa shape index (κ2) is 5.26. The van der Waals surface area contributed by atoms with Crippen molar-refractivity contribution in [2.75, 3.05) is 6.61 Å². The van der Waals surface area contributed by atoms with Crippen molar-refractivity contribution in [2.45, 2.75) is 31.5 Å². The average Bonchev–Trinajstić information content (AvgIpc) is 2.91. The number of hydrogen-bond acceptors (Lipinski definition) is 3. The van der Waals surface area contributed by atoms with Gasteiger partial charge in [-0.1, -0.05) is 6.07 Å². The molecule has 0 aliphatic heterocycles. The lowest BCUT2D eigenvalue weighted by Gasteiger charge is -2.42. The Balaban J connectivity index is 1.72. The van der Waals surface area contributed by atoms with Gasteiger partial charge < -0.3 is 20.8 Å². The van der Waals surface area contributed by atoms with Gasteiger partial charge in [0.2, 0.25) is 0 Å². The second-order valence-corrected chi connectivity index (χ2v) is 5.17. The van der Waals surface area contributed by atoms with E-state index in [4.69, 9.17) is 10.5 Å². The Hall–Kier alpha value is -1.85. The minimum absolute atomic E-state index is 0.0234. The van der Waals surface area contributed by atoms with Crippen molar-refractivity contribution in [2.24, 2.45) is 5.73 Å². The van der Waals surface area contributed by atoms with E-state index < -0.39 is 0 Å². The summed E-state index contributed by atoms with van der Waals surface area (Å²) in [5.41, 5.74) is 7.53. The van der Waals surface area contributed by atoms with Crippen molar-refractivity contribution in [1.82, 2.24) is 10.3 Å². The molecule has 1 aromatic carbocycles. The maximum absolute atomic E-state index is 12.3. The van der Waals surface area contributed by atoms with Crippen molar-refractivity contribution in [3.05, 3.63) is 36.0 Å². The molecule has 1 aliphatic rings. The molecule has 1 amide bonds. The number of nitrogens with one attached hydrogen (secondary N) is 2. The lowest BCUT2D eigenvalue weighted by molar-refractivity contribution is -0.0300. The highest BCUT2D eigenvalue weighted by Crippen LogP contribution is 2.23. The van der Waals surface area contributed by atoms with Crippen LogP contribution in [-0.2, 0) is 4.74 Å². The molecule has 1 aromatic heterocycles. The summed E-state index contributed by atoms with van der Waals surface area (Å²) in [7, 11) is 0. The number of amides is 1. The quantitative estimate of drug-likeness (QED) is 0.787. The SMILES string of the molecule is CCOC1CC(N)C1NC(=O)c1ccc2cc[nH]c2c1. The molecule has 3 unspecified atom stereocenters. The first-order chi connectivity index (χ1) is 9.69. The van der Waals surface area contributed by atoms with Gasteiger partial charge in [-0.05, 0) is 36.9 Å². The zero-order valence-electron chi connectivity index (χ0n) is 11.4. The second-order valence-electron chi connectivity index (χ2n) is 5.17.